The van der Waals surface area contributed by atoms with Gasteiger partial charge in [0, 0.05) is 12.0 Å². The van der Waals surface area contributed by atoms with Crippen LogP contribution in [0.4, 0.5) is 0 Å². The predicted molar refractivity (Wildman–Crippen MR) is 95.3 cm³/mol. The second-order valence-corrected chi connectivity index (χ2v) is 7.03. The lowest BCUT2D eigenvalue weighted by Gasteiger charge is -2.47. The summed E-state index contributed by atoms with van der Waals surface area (Å²) >= 11 is 0.942. The summed E-state index contributed by atoms with van der Waals surface area (Å²) in [6, 6.07) is 9.76. The molecule has 1 heterocycles. The Labute approximate surface area is 146 Å². The monoisotopic (exact) mass is 344 g/mol. The summed E-state index contributed by atoms with van der Waals surface area (Å²) < 4.78 is 5.96. The van der Waals surface area contributed by atoms with E-state index in [9.17, 15) is 4.79 Å². The van der Waals surface area contributed by atoms with E-state index in [1.165, 1.54) is 6.34 Å². The number of rotatable bonds is 5. The number of hydrogen-bond donors (Lipinski definition) is 0. The van der Waals surface area contributed by atoms with Gasteiger partial charge < -0.3 is 9.64 Å². The Morgan fingerprint density at radius 1 is 1.33 bits per heavy atom. The molecule has 1 aromatic carbocycles. The number of carbonyl (C=O) groups is 1. The van der Waals surface area contributed by atoms with Crippen molar-refractivity contribution in [1.29, 1.82) is 5.26 Å². The number of thioether (sulfide) groups is 1. The van der Waals surface area contributed by atoms with Crippen LogP contribution in [0.25, 0.3) is 0 Å². The molecule has 0 N–H and O–H groups in total. The number of thiocyanates is 1. The van der Waals surface area contributed by atoms with Gasteiger partial charge in [0.2, 0.25) is 5.72 Å². The fraction of sp³-hybridized carbons (Fsp3) is 0.412. The van der Waals surface area contributed by atoms with Crippen molar-refractivity contribution in [2.24, 2.45) is 15.4 Å². The Morgan fingerprint density at radius 2 is 2.04 bits per heavy atom. The Hall–Kier alpha value is -2.17. The highest BCUT2D eigenvalue weighted by Gasteiger charge is 2.54. The number of ether oxygens (including phenoxy) is 1. The van der Waals surface area contributed by atoms with Gasteiger partial charge in [-0.05, 0) is 17.3 Å². The lowest BCUT2D eigenvalue weighted by molar-refractivity contribution is -0.189. The van der Waals surface area contributed by atoms with E-state index in [-0.39, 0.29) is 5.94 Å². The Morgan fingerprint density at radius 3 is 2.67 bits per heavy atom. The second-order valence-electron chi connectivity index (χ2n) is 6.32. The van der Waals surface area contributed by atoms with Gasteiger partial charge in [0.05, 0.1) is 6.34 Å². The molecule has 1 aliphatic heterocycles. The van der Waals surface area contributed by atoms with E-state index in [4.69, 9.17) is 10.00 Å². The quantitative estimate of drug-likeness (QED) is 0.466. The molecule has 0 saturated carbocycles. The Kier molecular flexibility index (Phi) is 5.75. The van der Waals surface area contributed by atoms with Gasteiger partial charge in [-0.15, -0.1) is 0 Å². The Balaban J connectivity index is 2.45. The third-order valence-electron chi connectivity index (χ3n) is 3.75. The van der Waals surface area contributed by atoms with Crippen LogP contribution in [0, 0.1) is 16.1 Å². The van der Waals surface area contributed by atoms with Gasteiger partial charge in [-0.2, -0.15) is 10.3 Å². The molecule has 1 amide bonds. The van der Waals surface area contributed by atoms with Crippen LogP contribution in [-0.4, -0.2) is 35.1 Å². The van der Waals surface area contributed by atoms with E-state index in [2.05, 4.69) is 9.98 Å². The number of benzene rings is 1. The minimum Gasteiger partial charge on any atom is -0.334 e. The van der Waals surface area contributed by atoms with Crippen LogP contribution in [0.15, 0.2) is 40.3 Å². The minimum absolute atomic E-state index is 0.0637. The third-order valence-corrected chi connectivity index (χ3v) is 4.11. The molecule has 1 aliphatic rings. The molecule has 0 bridgehead atoms. The fourth-order valence-corrected chi connectivity index (χ4v) is 2.96. The van der Waals surface area contributed by atoms with Gasteiger partial charge in [-0.1, -0.05) is 51.1 Å². The smallest absolute Gasteiger partial charge is 0.301 e. The summed E-state index contributed by atoms with van der Waals surface area (Å²) in [6.45, 7) is 6.17. The highest BCUT2D eigenvalue weighted by atomic mass is 32.2. The highest BCUT2D eigenvalue weighted by Crippen LogP contribution is 2.39. The number of hydrogen-bond acceptors (Lipinski definition) is 6. The molecule has 0 saturated heterocycles. The van der Waals surface area contributed by atoms with E-state index in [1.807, 2.05) is 56.5 Å². The number of nitriles is 1. The summed E-state index contributed by atoms with van der Waals surface area (Å²) in [5.41, 5.74) is -0.921. The van der Waals surface area contributed by atoms with Gasteiger partial charge in [-0.3, -0.25) is 4.79 Å². The molecule has 7 heteroatoms. The first-order chi connectivity index (χ1) is 11.4. The van der Waals surface area contributed by atoms with Crippen molar-refractivity contribution in [3.63, 3.8) is 0 Å². The number of aliphatic imine (C=N–C) groups is 2. The van der Waals surface area contributed by atoms with Crippen LogP contribution >= 0.6 is 11.8 Å². The van der Waals surface area contributed by atoms with E-state index in [0.717, 1.165) is 17.3 Å². The SMILES string of the molecule is CC(C)(C)[C@@]1(OCSC#N)C(=O)N=CN=CN1Cc1ccccc1. The van der Waals surface area contributed by atoms with Crippen LogP contribution in [0.2, 0.25) is 0 Å². The Bertz CT molecular complexity index is 676. The van der Waals surface area contributed by atoms with Crippen molar-refractivity contribution < 1.29 is 9.53 Å². The topological polar surface area (TPSA) is 78.0 Å². The summed E-state index contributed by atoms with van der Waals surface area (Å²) in [5, 5.41) is 10.7. The zero-order chi connectivity index (χ0) is 17.6. The van der Waals surface area contributed by atoms with Crippen LogP contribution in [0.3, 0.4) is 0 Å². The van der Waals surface area contributed by atoms with E-state index in [0.29, 0.717) is 6.54 Å². The standard InChI is InChI=1S/C17H20N4O2S/c1-16(2,3)17(23-13-24-10-18)15(22)20-11-19-12-21(17)9-14-7-5-4-6-8-14/h4-8,11-12H,9,13H2,1-3H3/t17-/m0/s1. The van der Waals surface area contributed by atoms with E-state index in [1.54, 1.807) is 11.2 Å². The summed E-state index contributed by atoms with van der Waals surface area (Å²) in [7, 11) is 0. The van der Waals surface area contributed by atoms with Crippen molar-refractivity contribution in [3.8, 4) is 5.40 Å². The molecule has 2 rings (SSSR count). The molecule has 1 atom stereocenters. The molecule has 126 valence electrons. The molecule has 0 aromatic heterocycles. The molecule has 0 radical (unpaired) electrons. The normalized spacial score (nSPS) is 20.8. The van der Waals surface area contributed by atoms with Crippen molar-refractivity contribution in [2.45, 2.75) is 33.0 Å². The molecule has 6 nitrogen and oxygen atoms in total. The summed E-state index contributed by atoms with van der Waals surface area (Å²) in [5.74, 6) is -0.365. The average molecular weight is 344 g/mol. The number of nitrogens with zero attached hydrogens (tertiary/aromatic N) is 4. The van der Waals surface area contributed by atoms with Crippen molar-refractivity contribution in [2.75, 3.05) is 5.94 Å². The summed E-state index contributed by atoms with van der Waals surface area (Å²) in [4.78, 5) is 22.6. The predicted octanol–water partition coefficient (Wildman–Crippen LogP) is 3.02. The van der Waals surface area contributed by atoms with E-state index >= 15 is 0 Å². The van der Waals surface area contributed by atoms with Crippen LogP contribution in [0.5, 0.6) is 0 Å². The highest BCUT2D eigenvalue weighted by molar-refractivity contribution is 8.03. The zero-order valence-corrected chi connectivity index (χ0v) is 14.8. The van der Waals surface area contributed by atoms with Gasteiger partial charge >= 0.3 is 5.91 Å². The molecule has 0 aliphatic carbocycles. The maximum absolute atomic E-state index is 12.8. The van der Waals surface area contributed by atoms with Crippen molar-refractivity contribution in [3.05, 3.63) is 35.9 Å². The van der Waals surface area contributed by atoms with Crippen molar-refractivity contribution >= 4 is 30.3 Å². The summed E-state index contributed by atoms with van der Waals surface area (Å²) in [6.07, 6.45) is 2.80. The minimum atomic E-state index is -1.34. The molecular formula is C17H20N4O2S. The number of amides is 1. The lowest BCUT2D eigenvalue weighted by Crippen LogP contribution is -2.62. The largest absolute Gasteiger partial charge is 0.334 e. The molecule has 24 heavy (non-hydrogen) atoms. The first-order valence-corrected chi connectivity index (χ1v) is 8.46. The van der Waals surface area contributed by atoms with Crippen molar-refractivity contribution in [1.82, 2.24) is 4.90 Å². The van der Waals surface area contributed by atoms with Gasteiger partial charge in [0.15, 0.2) is 0 Å². The fourth-order valence-electron chi connectivity index (χ4n) is 2.67. The van der Waals surface area contributed by atoms with E-state index < -0.39 is 17.0 Å². The van der Waals surface area contributed by atoms with Gasteiger partial charge in [-0.25, -0.2) is 4.99 Å². The molecule has 1 aromatic rings. The van der Waals surface area contributed by atoms with Gasteiger partial charge in [0.1, 0.15) is 17.7 Å². The first kappa shape index (κ1) is 18.2. The van der Waals surface area contributed by atoms with Crippen LogP contribution in [-0.2, 0) is 16.1 Å². The second kappa shape index (κ2) is 7.60. The molecule has 0 fully saturated rings. The molecule has 0 unspecified atom stereocenters. The molecule has 0 spiro atoms. The number of carbonyl (C=O) groups excluding carboxylic acids is 1. The maximum Gasteiger partial charge on any atom is 0.301 e. The average Bonchev–Trinajstić information content (AvgIpc) is 2.69. The third kappa shape index (κ3) is 3.66. The van der Waals surface area contributed by atoms with Gasteiger partial charge in [0.25, 0.3) is 0 Å². The van der Waals surface area contributed by atoms with Crippen LogP contribution < -0.4 is 0 Å². The van der Waals surface area contributed by atoms with Crippen LogP contribution in [0.1, 0.15) is 26.3 Å². The maximum atomic E-state index is 12.8. The zero-order valence-electron chi connectivity index (χ0n) is 14.0. The first-order valence-electron chi connectivity index (χ1n) is 7.47. The molecular weight excluding hydrogens is 324 g/mol. The lowest BCUT2D eigenvalue weighted by atomic mass is 9.80.